The van der Waals surface area contributed by atoms with E-state index in [0.29, 0.717) is 5.92 Å². The third kappa shape index (κ3) is 1.18. The third-order valence-electron chi connectivity index (χ3n) is 1.61. The molecule has 0 aromatic carbocycles. The summed E-state index contributed by atoms with van der Waals surface area (Å²) in [6, 6.07) is 0. The lowest BCUT2D eigenvalue weighted by Gasteiger charge is -2.06. The molecule has 0 unspecified atom stereocenters. The maximum atomic E-state index is 3.27. The van der Waals surface area contributed by atoms with Gasteiger partial charge in [0.1, 0.15) is 0 Å². The molecule has 0 bridgehead atoms. The first-order valence-electron chi connectivity index (χ1n) is 3.40. The maximum Gasteiger partial charge on any atom is 0.0845 e. The van der Waals surface area contributed by atoms with Crippen molar-refractivity contribution in [3.8, 4) is 0 Å². The van der Waals surface area contributed by atoms with Gasteiger partial charge >= 0.3 is 0 Å². The summed E-state index contributed by atoms with van der Waals surface area (Å²) >= 11 is 0. The average Bonchev–Trinajstić information content (AvgIpc) is 2.13. The minimum absolute atomic E-state index is 0.625. The van der Waals surface area contributed by atoms with E-state index in [9.17, 15) is 0 Å². The van der Waals surface area contributed by atoms with E-state index in [4.69, 9.17) is 0 Å². The number of allylic oxidation sites excluding steroid dienone is 2. The molecule has 0 saturated carbocycles. The maximum absolute atomic E-state index is 3.27. The van der Waals surface area contributed by atoms with Crippen molar-refractivity contribution in [3.63, 3.8) is 0 Å². The Bertz CT molecular complexity index is 136. The van der Waals surface area contributed by atoms with Crippen LogP contribution >= 0.6 is 0 Å². The first-order chi connectivity index (χ1) is 4.22. The van der Waals surface area contributed by atoms with Gasteiger partial charge in [0.05, 0.1) is 6.67 Å². The molecule has 52 valence electrons. The highest BCUT2D eigenvalue weighted by atomic mass is 15.1. The minimum atomic E-state index is 0.625. The SMILES string of the molecule is CC1=C(C(C)C)NCN1. The first-order valence-corrected chi connectivity index (χ1v) is 3.40. The molecule has 1 rings (SSSR count). The van der Waals surface area contributed by atoms with E-state index in [-0.39, 0.29) is 0 Å². The molecule has 2 N–H and O–H groups in total. The molecule has 1 aliphatic heterocycles. The standard InChI is InChI=1S/C7H14N2/c1-5(2)7-6(3)8-4-9-7/h5,8-9H,4H2,1-3H3. The van der Waals surface area contributed by atoms with Crippen LogP contribution in [0.15, 0.2) is 11.4 Å². The van der Waals surface area contributed by atoms with Crippen LogP contribution in [0, 0.1) is 5.92 Å². The fourth-order valence-electron chi connectivity index (χ4n) is 1.14. The van der Waals surface area contributed by atoms with Crippen molar-refractivity contribution in [2.75, 3.05) is 6.67 Å². The van der Waals surface area contributed by atoms with Crippen LogP contribution in [0.3, 0.4) is 0 Å². The molecule has 1 aliphatic rings. The molecule has 0 atom stereocenters. The van der Waals surface area contributed by atoms with Gasteiger partial charge in [-0.3, -0.25) is 0 Å². The Kier molecular flexibility index (Phi) is 1.65. The zero-order chi connectivity index (χ0) is 6.85. The Morgan fingerprint density at radius 1 is 1.33 bits per heavy atom. The molecule has 0 aromatic heterocycles. The van der Waals surface area contributed by atoms with Gasteiger partial charge in [-0.25, -0.2) is 0 Å². The molecule has 2 nitrogen and oxygen atoms in total. The van der Waals surface area contributed by atoms with Gasteiger partial charge in [0.15, 0.2) is 0 Å². The van der Waals surface area contributed by atoms with Crippen molar-refractivity contribution in [1.82, 2.24) is 10.6 Å². The zero-order valence-corrected chi connectivity index (χ0v) is 6.28. The normalized spacial score (nSPS) is 18.2. The molecule has 0 radical (unpaired) electrons. The fourth-order valence-corrected chi connectivity index (χ4v) is 1.14. The van der Waals surface area contributed by atoms with Crippen molar-refractivity contribution in [3.05, 3.63) is 11.4 Å². The lowest BCUT2D eigenvalue weighted by atomic mass is 10.1. The van der Waals surface area contributed by atoms with Crippen LogP contribution in [-0.2, 0) is 0 Å². The average molecular weight is 126 g/mol. The molecule has 0 aromatic rings. The van der Waals surface area contributed by atoms with E-state index in [1.165, 1.54) is 11.4 Å². The quantitative estimate of drug-likeness (QED) is 0.548. The predicted octanol–water partition coefficient (Wildman–Crippen LogP) is 1.02. The van der Waals surface area contributed by atoms with E-state index in [2.05, 4.69) is 31.4 Å². The highest BCUT2D eigenvalue weighted by Gasteiger charge is 2.10. The van der Waals surface area contributed by atoms with Crippen LogP contribution in [0.5, 0.6) is 0 Å². The van der Waals surface area contributed by atoms with Crippen LogP contribution in [0.2, 0.25) is 0 Å². The second-order valence-electron chi connectivity index (χ2n) is 2.72. The summed E-state index contributed by atoms with van der Waals surface area (Å²) in [5, 5.41) is 6.49. The van der Waals surface area contributed by atoms with Crippen LogP contribution in [0.25, 0.3) is 0 Å². The van der Waals surface area contributed by atoms with Crippen molar-refractivity contribution >= 4 is 0 Å². The van der Waals surface area contributed by atoms with Gasteiger partial charge in [0.2, 0.25) is 0 Å². The Hall–Kier alpha value is -0.660. The van der Waals surface area contributed by atoms with Crippen molar-refractivity contribution in [1.29, 1.82) is 0 Å². The highest BCUT2D eigenvalue weighted by Crippen LogP contribution is 2.12. The van der Waals surface area contributed by atoms with Crippen LogP contribution in [-0.4, -0.2) is 6.67 Å². The van der Waals surface area contributed by atoms with Gasteiger partial charge in [-0.15, -0.1) is 0 Å². The molecule has 0 spiro atoms. The second-order valence-corrected chi connectivity index (χ2v) is 2.72. The molecule has 0 saturated heterocycles. The highest BCUT2D eigenvalue weighted by molar-refractivity contribution is 5.14. The van der Waals surface area contributed by atoms with Gasteiger partial charge in [-0.05, 0) is 12.8 Å². The molecule has 0 amide bonds. The lowest BCUT2D eigenvalue weighted by Crippen LogP contribution is -2.16. The summed E-state index contributed by atoms with van der Waals surface area (Å²) in [7, 11) is 0. The van der Waals surface area contributed by atoms with Gasteiger partial charge in [0.25, 0.3) is 0 Å². The van der Waals surface area contributed by atoms with Gasteiger partial charge in [-0.1, -0.05) is 13.8 Å². The number of rotatable bonds is 1. The van der Waals surface area contributed by atoms with Gasteiger partial charge in [-0.2, -0.15) is 0 Å². The van der Waals surface area contributed by atoms with E-state index in [1.54, 1.807) is 0 Å². The van der Waals surface area contributed by atoms with E-state index >= 15 is 0 Å². The van der Waals surface area contributed by atoms with E-state index < -0.39 is 0 Å². The summed E-state index contributed by atoms with van der Waals surface area (Å²) in [4.78, 5) is 0. The largest absolute Gasteiger partial charge is 0.370 e. The summed E-state index contributed by atoms with van der Waals surface area (Å²) in [6.45, 7) is 7.40. The van der Waals surface area contributed by atoms with Gasteiger partial charge < -0.3 is 10.6 Å². The summed E-state index contributed by atoms with van der Waals surface area (Å²) < 4.78 is 0. The monoisotopic (exact) mass is 126 g/mol. The number of hydrogen-bond acceptors (Lipinski definition) is 2. The molecule has 0 aliphatic carbocycles. The van der Waals surface area contributed by atoms with Crippen molar-refractivity contribution < 1.29 is 0 Å². The smallest absolute Gasteiger partial charge is 0.0845 e. The first kappa shape index (κ1) is 6.46. The summed E-state index contributed by atoms with van der Waals surface area (Å²) in [5.74, 6) is 0.625. The molecule has 1 heterocycles. The van der Waals surface area contributed by atoms with Crippen LogP contribution < -0.4 is 10.6 Å². The van der Waals surface area contributed by atoms with Crippen molar-refractivity contribution in [2.45, 2.75) is 20.8 Å². The molecular weight excluding hydrogens is 112 g/mol. The zero-order valence-electron chi connectivity index (χ0n) is 6.28. The fraction of sp³-hybridized carbons (Fsp3) is 0.714. The van der Waals surface area contributed by atoms with E-state index in [1.807, 2.05) is 0 Å². The summed E-state index contributed by atoms with van der Waals surface area (Å²) in [6.07, 6.45) is 0. The van der Waals surface area contributed by atoms with E-state index in [0.717, 1.165) is 6.67 Å². The Morgan fingerprint density at radius 3 is 2.22 bits per heavy atom. The molecular formula is C7H14N2. The number of nitrogens with one attached hydrogen (secondary N) is 2. The van der Waals surface area contributed by atoms with Crippen LogP contribution in [0.4, 0.5) is 0 Å². The lowest BCUT2D eigenvalue weighted by molar-refractivity contribution is 0.683. The number of hydrogen-bond donors (Lipinski definition) is 2. The van der Waals surface area contributed by atoms with Crippen LogP contribution in [0.1, 0.15) is 20.8 Å². The molecule has 2 heteroatoms. The Balaban J connectivity index is 2.66. The molecule has 9 heavy (non-hydrogen) atoms. The second kappa shape index (κ2) is 2.29. The Labute approximate surface area is 56.3 Å². The molecule has 0 fully saturated rings. The summed E-state index contributed by atoms with van der Waals surface area (Å²) in [5.41, 5.74) is 2.65. The predicted molar refractivity (Wildman–Crippen MR) is 38.7 cm³/mol. The minimum Gasteiger partial charge on any atom is -0.370 e. The van der Waals surface area contributed by atoms with Gasteiger partial charge in [0, 0.05) is 11.4 Å². The topological polar surface area (TPSA) is 24.1 Å². The Morgan fingerprint density at radius 2 is 2.00 bits per heavy atom. The van der Waals surface area contributed by atoms with Crippen molar-refractivity contribution in [2.24, 2.45) is 5.92 Å². The third-order valence-corrected chi connectivity index (χ3v) is 1.61.